The zero-order valence-electron chi connectivity index (χ0n) is 14.5. The van der Waals surface area contributed by atoms with Crippen molar-refractivity contribution in [3.63, 3.8) is 0 Å². The molecule has 25 heavy (non-hydrogen) atoms. The maximum atomic E-state index is 12.5. The number of carbonyl (C=O) groups is 1. The van der Waals surface area contributed by atoms with E-state index in [2.05, 4.69) is 9.88 Å². The van der Waals surface area contributed by atoms with Gasteiger partial charge >= 0.3 is 0 Å². The third-order valence-electron chi connectivity index (χ3n) is 4.38. The Bertz CT molecular complexity index is 1030. The summed E-state index contributed by atoms with van der Waals surface area (Å²) in [5.74, 6) is -0.402. The Morgan fingerprint density at radius 2 is 1.92 bits per heavy atom. The van der Waals surface area contributed by atoms with Gasteiger partial charge in [-0.25, -0.2) is 0 Å². The van der Waals surface area contributed by atoms with Crippen LogP contribution in [0.15, 0.2) is 54.1 Å². The zero-order valence-corrected chi connectivity index (χ0v) is 14.5. The topological polar surface area (TPSA) is 57.8 Å². The Balaban J connectivity index is 2.00. The monoisotopic (exact) mass is 329 g/mol. The average Bonchev–Trinajstić information content (AvgIpc) is 2.84. The van der Waals surface area contributed by atoms with Crippen molar-refractivity contribution in [2.45, 2.75) is 13.8 Å². The van der Waals surface area contributed by atoms with Gasteiger partial charge in [-0.3, -0.25) is 4.79 Å². The molecule has 1 heterocycles. The highest BCUT2D eigenvalue weighted by Crippen LogP contribution is 2.27. The second-order valence-corrected chi connectivity index (χ2v) is 6.07. The van der Waals surface area contributed by atoms with Gasteiger partial charge in [0.05, 0.1) is 0 Å². The number of benzene rings is 2. The maximum Gasteiger partial charge on any atom is 0.266 e. The zero-order chi connectivity index (χ0) is 18.0. The highest BCUT2D eigenvalue weighted by atomic mass is 16.1. The minimum atomic E-state index is -0.402. The summed E-state index contributed by atoms with van der Waals surface area (Å²) in [5.41, 5.74) is 4.79. The molecule has 4 heteroatoms. The molecule has 1 aromatic heterocycles. The summed E-state index contributed by atoms with van der Waals surface area (Å²) in [7, 11) is 1.98. The predicted octanol–water partition coefficient (Wildman–Crippen LogP) is 4.34. The van der Waals surface area contributed by atoms with E-state index in [0.29, 0.717) is 5.69 Å². The molecule has 3 aromatic rings. The molecule has 1 amide bonds. The van der Waals surface area contributed by atoms with E-state index in [1.807, 2.05) is 75.5 Å². The molecule has 0 unspecified atom stereocenters. The Kier molecular flexibility index (Phi) is 4.40. The lowest BCUT2D eigenvalue weighted by Crippen LogP contribution is -2.13. The van der Waals surface area contributed by atoms with Crippen LogP contribution in [-0.4, -0.2) is 10.5 Å². The van der Waals surface area contributed by atoms with Crippen molar-refractivity contribution in [3.05, 3.63) is 70.9 Å². The minimum Gasteiger partial charge on any atom is -0.347 e. The van der Waals surface area contributed by atoms with Crippen LogP contribution in [0, 0.1) is 25.2 Å². The van der Waals surface area contributed by atoms with Crippen LogP contribution in [0.1, 0.15) is 16.8 Å². The van der Waals surface area contributed by atoms with Crippen molar-refractivity contribution >= 4 is 28.6 Å². The lowest BCUT2D eigenvalue weighted by atomic mass is 10.1. The van der Waals surface area contributed by atoms with Gasteiger partial charge in [-0.1, -0.05) is 30.3 Å². The smallest absolute Gasteiger partial charge is 0.266 e. The first-order valence-electron chi connectivity index (χ1n) is 8.05. The standard InChI is InChI=1S/C21H19N3O/c1-14-7-6-8-17(11-14)23-21(25)16(13-22)12-19-15(2)24(3)20-10-5-4-9-18(19)20/h4-12H,1-3H3,(H,23,25)/b16-12-. The quantitative estimate of drug-likeness (QED) is 0.574. The molecule has 0 aliphatic rings. The minimum absolute atomic E-state index is 0.0842. The van der Waals surface area contributed by atoms with Crippen molar-refractivity contribution in [1.82, 2.24) is 4.57 Å². The van der Waals surface area contributed by atoms with Gasteiger partial charge in [-0.05, 0) is 43.7 Å². The number of nitrogens with one attached hydrogen (secondary N) is 1. The second-order valence-electron chi connectivity index (χ2n) is 6.07. The van der Waals surface area contributed by atoms with Gasteiger partial charge < -0.3 is 9.88 Å². The molecule has 1 N–H and O–H groups in total. The summed E-state index contributed by atoms with van der Waals surface area (Å²) in [6.45, 7) is 3.94. The molecular formula is C21H19N3O. The first kappa shape index (κ1) is 16.5. The van der Waals surface area contributed by atoms with Crippen LogP contribution < -0.4 is 5.32 Å². The third-order valence-corrected chi connectivity index (χ3v) is 4.38. The van der Waals surface area contributed by atoms with Crippen molar-refractivity contribution in [3.8, 4) is 6.07 Å². The summed E-state index contributed by atoms with van der Waals surface area (Å²) in [6, 6.07) is 17.5. The molecule has 0 spiro atoms. The molecule has 0 saturated carbocycles. The van der Waals surface area contributed by atoms with Crippen LogP contribution in [-0.2, 0) is 11.8 Å². The molecule has 0 aliphatic heterocycles. The van der Waals surface area contributed by atoms with Crippen LogP contribution in [0.2, 0.25) is 0 Å². The molecule has 0 atom stereocenters. The van der Waals surface area contributed by atoms with Crippen molar-refractivity contribution < 1.29 is 4.79 Å². The maximum absolute atomic E-state index is 12.5. The lowest BCUT2D eigenvalue weighted by molar-refractivity contribution is -0.112. The highest BCUT2D eigenvalue weighted by Gasteiger charge is 2.14. The number of aryl methyl sites for hydroxylation is 2. The van der Waals surface area contributed by atoms with Gasteiger partial charge in [0, 0.05) is 34.9 Å². The SMILES string of the molecule is Cc1cccc(NC(=O)/C(C#N)=C\c2c(C)n(C)c3ccccc23)c1. The van der Waals surface area contributed by atoms with E-state index in [-0.39, 0.29) is 5.57 Å². The van der Waals surface area contributed by atoms with Gasteiger partial charge in [0.2, 0.25) is 0 Å². The summed E-state index contributed by atoms with van der Waals surface area (Å²) in [5, 5.41) is 13.3. The second kappa shape index (κ2) is 6.66. The number of carbonyl (C=O) groups excluding carboxylic acids is 1. The number of nitriles is 1. The number of nitrogens with zero attached hydrogens (tertiary/aromatic N) is 2. The molecule has 0 bridgehead atoms. The normalized spacial score (nSPS) is 11.4. The fourth-order valence-electron chi connectivity index (χ4n) is 2.95. The number of para-hydroxylation sites is 1. The summed E-state index contributed by atoms with van der Waals surface area (Å²) >= 11 is 0. The molecular weight excluding hydrogens is 310 g/mol. The summed E-state index contributed by atoms with van der Waals surface area (Å²) < 4.78 is 2.06. The van der Waals surface area contributed by atoms with Crippen molar-refractivity contribution in [2.75, 3.05) is 5.32 Å². The van der Waals surface area contributed by atoms with Gasteiger partial charge in [0.1, 0.15) is 11.6 Å². The number of fused-ring (bicyclic) bond motifs is 1. The Labute approximate surface area is 147 Å². The molecule has 0 fully saturated rings. The largest absolute Gasteiger partial charge is 0.347 e. The van der Waals surface area contributed by atoms with E-state index in [9.17, 15) is 10.1 Å². The van der Waals surface area contributed by atoms with Crippen LogP contribution in [0.5, 0.6) is 0 Å². The van der Waals surface area contributed by atoms with E-state index in [0.717, 1.165) is 27.7 Å². The van der Waals surface area contributed by atoms with Crippen LogP contribution in [0.3, 0.4) is 0 Å². The van der Waals surface area contributed by atoms with Crippen LogP contribution >= 0.6 is 0 Å². The molecule has 2 aromatic carbocycles. The number of rotatable bonds is 3. The molecule has 124 valence electrons. The van der Waals surface area contributed by atoms with Crippen molar-refractivity contribution in [1.29, 1.82) is 5.26 Å². The molecule has 0 saturated heterocycles. The van der Waals surface area contributed by atoms with E-state index in [1.54, 1.807) is 6.08 Å². The summed E-state index contributed by atoms with van der Waals surface area (Å²) in [6.07, 6.45) is 1.67. The van der Waals surface area contributed by atoms with Gasteiger partial charge in [-0.2, -0.15) is 5.26 Å². The molecule has 4 nitrogen and oxygen atoms in total. The molecule has 0 aliphatic carbocycles. The van der Waals surface area contributed by atoms with E-state index < -0.39 is 5.91 Å². The Morgan fingerprint density at radius 1 is 1.16 bits per heavy atom. The summed E-state index contributed by atoms with van der Waals surface area (Å²) in [4.78, 5) is 12.5. The number of hydrogen-bond acceptors (Lipinski definition) is 2. The highest BCUT2D eigenvalue weighted by molar-refractivity contribution is 6.11. The van der Waals surface area contributed by atoms with Gasteiger partial charge in [0.25, 0.3) is 5.91 Å². The first-order chi connectivity index (χ1) is 12.0. The fraction of sp³-hybridized carbons (Fsp3) is 0.143. The van der Waals surface area contributed by atoms with Gasteiger partial charge in [0.15, 0.2) is 0 Å². The van der Waals surface area contributed by atoms with E-state index in [1.165, 1.54) is 0 Å². The predicted molar refractivity (Wildman–Crippen MR) is 101 cm³/mol. The Hall–Kier alpha value is -3.32. The molecule has 3 rings (SSSR count). The average molecular weight is 329 g/mol. The number of hydrogen-bond donors (Lipinski definition) is 1. The van der Waals surface area contributed by atoms with Gasteiger partial charge in [-0.15, -0.1) is 0 Å². The van der Waals surface area contributed by atoms with Crippen LogP contribution in [0.25, 0.3) is 17.0 Å². The number of anilines is 1. The number of amides is 1. The lowest BCUT2D eigenvalue weighted by Gasteiger charge is -2.05. The van der Waals surface area contributed by atoms with E-state index >= 15 is 0 Å². The first-order valence-corrected chi connectivity index (χ1v) is 8.05. The fourth-order valence-corrected chi connectivity index (χ4v) is 2.95. The van der Waals surface area contributed by atoms with Crippen LogP contribution in [0.4, 0.5) is 5.69 Å². The Morgan fingerprint density at radius 3 is 2.64 bits per heavy atom. The number of aromatic nitrogens is 1. The van der Waals surface area contributed by atoms with E-state index in [4.69, 9.17) is 0 Å². The third kappa shape index (κ3) is 3.17. The molecule has 0 radical (unpaired) electrons. The van der Waals surface area contributed by atoms with Crippen molar-refractivity contribution in [2.24, 2.45) is 7.05 Å².